The Morgan fingerprint density at radius 1 is 1.31 bits per heavy atom. The number of aliphatic hydroxyl groups is 1. The highest BCUT2D eigenvalue weighted by Crippen LogP contribution is 2.32. The number of hydrogen-bond acceptors (Lipinski definition) is 7. The molecule has 2 saturated heterocycles. The molecule has 2 aliphatic heterocycles. The Labute approximate surface area is 196 Å². The lowest BCUT2D eigenvalue weighted by Gasteiger charge is -2.47. The molecule has 0 bridgehead atoms. The number of β-amino-alcohol motifs (C(OH)–C–C–N with tert-alkyl or cyclic N) is 1. The third-order valence-electron chi connectivity index (χ3n) is 5.91. The van der Waals surface area contributed by atoms with Crippen LogP contribution in [0.15, 0.2) is 10.8 Å². The normalized spacial score (nSPS) is 22.4. The van der Waals surface area contributed by atoms with E-state index in [2.05, 4.69) is 42.6 Å². The summed E-state index contributed by atoms with van der Waals surface area (Å²) < 4.78 is 8.14. The lowest BCUT2D eigenvalue weighted by atomic mass is 9.92. The van der Waals surface area contributed by atoms with Gasteiger partial charge in [-0.15, -0.1) is 0 Å². The molecular formula is C22H29BrN6O3. The molecule has 0 radical (unpaired) electrons. The third kappa shape index (κ3) is 4.42. The van der Waals surface area contributed by atoms with Crippen LogP contribution in [0, 0.1) is 17.8 Å². The van der Waals surface area contributed by atoms with E-state index in [0.29, 0.717) is 18.8 Å². The van der Waals surface area contributed by atoms with Gasteiger partial charge in [0.1, 0.15) is 29.1 Å². The van der Waals surface area contributed by atoms with Gasteiger partial charge in [0, 0.05) is 38.6 Å². The molecule has 0 unspecified atom stereocenters. The number of halogens is 1. The summed E-state index contributed by atoms with van der Waals surface area (Å²) in [5.74, 6) is 7.24. The van der Waals surface area contributed by atoms with Crippen LogP contribution in [-0.2, 0) is 11.8 Å². The van der Waals surface area contributed by atoms with E-state index in [9.17, 15) is 9.90 Å². The zero-order valence-corrected chi connectivity index (χ0v) is 20.4. The number of nitrogens with zero attached hydrogens (tertiary/aromatic N) is 5. The van der Waals surface area contributed by atoms with E-state index in [-0.39, 0.29) is 24.6 Å². The second kappa shape index (κ2) is 8.54. The van der Waals surface area contributed by atoms with E-state index in [4.69, 9.17) is 10.5 Å². The Morgan fingerprint density at radius 3 is 2.66 bits per heavy atom. The first-order valence-electron chi connectivity index (χ1n) is 10.7. The smallest absolute Gasteiger partial charge is 0.410 e. The van der Waals surface area contributed by atoms with Gasteiger partial charge in [-0.2, -0.15) is 0 Å². The molecule has 4 rings (SSSR count). The number of nitrogen functional groups attached to an aromatic ring is 1. The first-order valence-corrected chi connectivity index (χ1v) is 11.5. The maximum absolute atomic E-state index is 12.3. The number of aliphatic hydroxyl groups excluding tert-OH is 1. The fraction of sp³-hybridized carbons (Fsp3) is 0.591. The van der Waals surface area contributed by atoms with Crippen LogP contribution in [0.5, 0.6) is 0 Å². The van der Waals surface area contributed by atoms with E-state index in [1.54, 1.807) is 4.90 Å². The number of piperidine rings is 1. The molecule has 2 aromatic heterocycles. The van der Waals surface area contributed by atoms with E-state index >= 15 is 0 Å². The topological polar surface area (TPSA) is 110 Å². The highest BCUT2D eigenvalue weighted by atomic mass is 79.9. The van der Waals surface area contributed by atoms with Gasteiger partial charge in [0.15, 0.2) is 0 Å². The molecule has 4 heterocycles. The number of anilines is 1. The minimum absolute atomic E-state index is 0.0335. The standard InChI is InChI=1S/C22H29BrN6O3/c1-22(2,3)32-21(31)28-8-7-14(16(30)11-28)29-9-13(10-29)5-6-15-18(23)17-19(24)25-12-26-20(17)27(15)4/h12-14,16,30H,7-11H2,1-4H3,(H2,24,25,26)/t14-,16+/m1/s1. The Kier molecular flexibility index (Phi) is 6.09. The van der Waals surface area contributed by atoms with Crippen LogP contribution >= 0.6 is 15.9 Å². The molecule has 0 aliphatic carbocycles. The van der Waals surface area contributed by atoms with Gasteiger partial charge < -0.3 is 25.0 Å². The quantitative estimate of drug-likeness (QED) is 0.571. The second-order valence-electron chi connectivity index (χ2n) is 9.45. The highest BCUT2D eigenvalue weighted by Gasteiger charge is 2.40. The number of carbonyl (C=O) groups is 1. The van der Waals surface area contributed by atoms with Crippen molar-refractivity contribution in [1.82, 2.24) is 24.3 Å². The van der Waals surface area contributed by atoms with E-state index in [0.717, 1.165) is 34.3 Å². The van der Waals surface area contributed by atoms with Gasteiger partial charge in [-0.05, 0) is 49.0 Å². The fourth-order valence-corrected chi connectivity index (χ4v) is 4.99. The summed E-state index contributed by atoms with van der Waals surface area (Å²) in [6, 6.07) is 0.0335. The second-order valence-corrected chi connectivity index (χ2v) is 10.2. The van der Waals surface area contributed by atoms with Crippen molar-refractivity contribution in [2.75, 3.05) is 31.9 Å². The van der Waals surface area contributed by atoms with Crippen LogP contribution in [0.2, 0.25) is 0 Å². The molecule has 2 aromatic rings. The number of amides is 1. The minimum Gasteiger partial charge on any atom is -0.444 e. The fourth-order valence-electron chi connectivity index (χ4n) is 4.25. The molecule has 0 spiro atoms. The first-order chi connectivity index (χ1) is 15.0. The van der Waals surface area contributed by atoms with Gasteiger partial charge in [0.2, 0.25) is 0 Å². The number of likely N-dealkylation sites (tertiary alicyclic amines) is 2. The van der Waals surface area contributed by atoms with E-state index in [1.165, 1.54) is 6.33 Å². The lowest BCUT2D eigenvalue weighted by Crippen LogP contribution is -2.61. The number of rotatable bonds is 1. The van der Waals surface area contributed by atoms with Crippen LogP contribution in [0.4, 0.5) is 10.6 Å². The van der Waals surface area contributed by atoms with Crippen molar-refractivity contribution < 1.29 is 14.6 Å². The Bertz CT molecular complexity index is 1090. The largest absolute Gasteiger partial charge is 0.444 e. The molecule has 9 nitrogen and oxygen atoms in total. The average molecular weight is 505 g/mol. The van der Waals surface area contributed by atoms with Crippen molar-refractivity contribution >= 4 is 38.9 Å². The third-order valence-corrected chi connectivity index (χ3v) is 6.68. The number of nitrogens with two attached hydrogens (primary N) is 1. The Balaban J connectivity index is 1.35. The summed E-state index contributed by atoms with van der Waals surface area (Å²) >= 11 is 3.59. The van der Waals surface area contributed by atoms with E-state index in [1.807, 2.05) is 32.4 Å². The zero-order chi connectivity index (χ0) is 23.2. The first kappa shape index (κ1) is 22.8. The predicted molar refractivity (Wildman–Crippen MR) is 125 cm³/mol. The summed E-state index contributed by atoms with van der Waals surface area (Å²) in [6.07, 6.45) is 1.20. The molecule has 10 heteroatoms. The summed E-state index contributed by atoms with van der Waals surface area (Å²) in [5, 5.41) is 11.4. The van der Waals surface area contributed by atoms with Crippen LogP contribution in [-0.4, -0.2) is 79.5 Å². The summed E-state index contributed by atoms with van der Waals surface area (Å²) in [6.45, 7) is 7.98. The van der Waals surface area contributed by atoms with Crippen LogP contribution in [0.1, 0.15) is 32.9 Å². The number of aromatic nitrogens is 3. The number of fused-ring (bicyclic) bond motifs is 1. The highest BCUT2D eigenvalue weighted by molar-refractivity contribution is 9.10. The monoisotopic (exact) mass is 504 g/mol. The van der Waals surface area contributed by atoms with Gasteiger partial charge in [-0.25, -0.2) is 14.8 Å². The van der Waals surface area contributed by atoms with Crippen LogP contribution in [0.3, 0.4) is 0 Å². The van der Waals surface area contributed by atoms with Gasteiger partial charge in [-0.1, -0.05) is 5.92 Å². The van der Waals surface area contributed by atoms with Crippen molar-refractivity contribution in [1.29, 1.82) is 0 Å². The Hall–Kier alpha value is -2.35. The number of carbonyl (C=O) groups excluding carboxylic acids is 1. The SMILES string of the molecule is Cn1c(C#CC2CN([C@@H]3CCN(C(=O)OC(C)(C)C)C[C@@H]3O)C2)c(Br)c2c(N)ncnc21. The lowest BCUT2D eigenvalue weighted by molar-refractivity contribution is -0.0521. The zero-order valence-electron chi connectivity index (χ0n) is 18.8. The molecule has 2 atom stereocenters. The van der Waals surface area contributed by atoms with Crippen molar-refractivity contribution in [2.45, 2.75) is 44.9 Å². The summed E-state index contributed by atoms with van der Waals surface area (Å²) in [5.41, 5.74) is 7.01. The number of hydrogen-bond donors (Lipinski definition) is 2. The Morgan fingerprint density at radius 2 is 2.03 bits per heavy atom. The molecular weight excluding hydrogens is 476 g/mol. The summed E-state index contributed by atoms with van der Waals surface area (Å²) in [7, 11) is 1.91. The van der Waals surface area contributed by atoms with E-state index < -0.39 is 11.7 Å². The summed E-state index contributed by atoms with van der Waals surface area (Å²) in [4.78, 5) is 24.5. The molecule has 0 aromatic carbocycles. The van der Waals surface area contributed by atoms with Crippen LogP contribution < -0.4 is 5.73 Å². The van der Waals surface area contributed by atoms with Gasteiger partial charge >= 0.3 is 6.09 Å². The number of aryl methyl sites for hydroxylation is 1. The molecule has 1 amide bonds. The van der Waals surface area contributed by atoms with Gasteiger partial charge in [0.25, 0.3) is 0 Å². The van der Waals surface area contributed by atoms with Gasteiger partial charge in [0.05, 0.1) is 22.5 Å². The molecule has 2 fully saturated rings. The minimum atomic E-state index is -0.598. The van der Waals surface area contributed by atoms with Crippen LogP contribution in [0.25, 0.3) is 11.0 Å². The number of ether oxygens (including phenoxy) is 1. The molecule has 32 heavy (non-hydrogen) atoms. The molecule has 3 N–H and O–H groups in total. The molecule has 2 aliphatic rings. The van der Waals surface area contributed by atoms with Crippen molar-refractivity contribution in [2.24, 2.45) is 13.0 Å². The maximum Gasteiger partial charge on any atom is 0.410 e. The van der Waals surface area contributed by atoms with Crippen molar-refractivity contribution in [3.8, 4) is 11.8 Å². The molecule has 172 valence electrons. The van der Waals surface area contributed by atoms with Crippen molar-refractivity contribution in [3.05, 3.63) is 16.5 Å². The molecule has 0 saturated carbocycles. The van der Waals surface area contributed by atoms with Gasteiger partial charge in [-0.3, -0.25) is 4.90 Å². The van der Waals surface area contributed by atoms with Crippen molar-refractivity contribution in [3.63, 3.8) is 0 Å². The average Bonchev–Trinajstić information content (AvgIpc) is 2.92. The predicted octanol–water partition coefficient (Wildman–Crippen LogP) is 1.97. The maximum atomic E-state index is 12.3.